The van der Waals surface area contributed by atoms with Crippen LogP contribution in [0.15, 0.2) is 18.2 Å². The van der Waals surface area contributed by atoms with E-state index in [0.717, 1.165) is 25.5 Å². The van der Waals surface area contributed by atoms with Gasteiger partial charge in [-0.3, -0.25) is 9.52 Å². The molecule has 1 N–H and O–H groups in total. The molecule has 0 bridgehead atoms. The molecular weight excluding hydrogens is 324 g/mol. The number of carbonyl (C=O) groups is 1. The van der Waals surface area contributed by atoms with Gasteiger partial charge in [0.1, 0.15) is 0 Å². The summed E-state index contributed by atoms with van der Waals surface area (Å²) in [6, 6.07) is 4.61. The van der Waals surface area contributed by atoms with E-state index in [4.69, 9.17) is 11.6 Å². The maximum absolute atomic E-state index is 12.8. The van der Waals surface area contributed by atoms with E-state index in [1.165, 1.54) is 12.1 Å². The van der Waals surface area contributed by atoms with E-state index >= 15 is 0 Å². The van der Waals surface area contributed by atoms with Crippen molar-refractivity contribution in [2.24, 2.45) is 5.92 Å². The highest BCUT2D eigenvalue weighted by molar-refractivity contribution is 7.92. The molecule has 7 heteroatoms. The van der Waals surface area contributed by atoms with E-state index < -0.39 is 10.0 Å². The van der Waals surface area contributed by atoms with Crippen LogP contribution < -0.4 is 4.72 Å². The number of sulfonamides is 1. The number of anilines is 1. The third-order valence-electron chi connectivity index (χ3n) is 3.81. The van der Waals surface area contributed by atoms with Gasteiger partial charge in [0.05, 0.1) is 17.5 Å². The minimum Gasteiger partial charge on any atom is -0.339 e. The minimum atomic E-state index is -3.46. The van der Waals surface area contributed by atoms with Gasteiger partial charge in [-0.05, 0) is 43.4 Å². The topological polar surface area (TPSA) is 66.5 Å². The maximum Gasteiger partial charge on any atom is 0.256 e. The van der Waals surface area contributed by atoms with Crippen LogP contribution in [-0.2, 0) is 10.0 Å². The summed E-state index contributed by atoms with van der Waals surface area (Å²) in [7, 11) is -3.46. The normalized spacial score (nSPS) is 19.6. The van der Waals surface area contributed by atoms with Gasteiger partial charge in [0.25, 0.3) is 5.91 Å². The predicted octanol–water partition coefficient (Wildman–Crippen LogP) is 2.97. The van der Waals surface area contributed by atoms with Gasteiger partial charge in [-0.2, -0.15) is 0 Å². The van der Waals surface area contributed by atoms with E-state index in [9.17, 15) is 13.2 Å². The van der Waals surface area contributed by atoms with Gasteiger partial charge in [-0.25, -0.2) is 8.42 Å². The van der Waals surface area contributed by atoms with Crippen LogP contribution in [0.1, 0.15) is 36.5 Å². The zero-order chi connectivity index (χ0) is 16.3. The Morgan fingerprint density at radius 3 is 2.73 bits per heavy atom. The second-order valence-electron chi connectivity index (χ2n) is 5.89. The third-order valence-corrected chi connectivity index (χ3v) is 4.64. The number of nitrogens with one attached hydrogen (secondary N) is 1. The highest BCUT2D eigenvalue weighted by Gasteiger charge is 2.23. The van der Waals surface area contributed by atoms with Crippen molar-refractivity contribution in [1.82, 2.24) is 4.90 Å². The van der Waals surface area contributed by atoms with Crippen LogP contribution in [0.5, 0.6) is 0 Å². The second-order valence-corrected chi connectivity index (χ2v) is 8.08. The molecule has 0 spiro atoms. The number of hydrogen-bond donors (Lipinski definition) is 1. The molecular formula is C15H21ClN2O3S. The van der Waals surface area contributed by atoms with Crippen molar-refractivity contribution in [2.45, 2.75) is 26.2 Å². The predicted molar refractivity (Wildman–Crippen MR) is 88.8 cm³/mol. The average molecular weight is 345 g/mol. The van der Waals surface area contributed by atoms with E-state index in [0.29, 0.717) is 29.6 Å². The van der Waals surface area contributed by atoms with Crippen LogP contribution in [0.25, 0.3) is 0 Å². The molecule has 5 nitrogen and oxygen atoms in total. The largest absolute Gasteiger partial charge is 0.339 e. The molecule has 1 fully saturated rings. The van der Waals surface area contributed by atoms with Crippen molar-refractivity contribution in [3.63, 3.8) is 0 Å². The number of hydrogen-bond acceptors (Lipinski definition) is 3. The first-order chi connectivity index (χ1) is 10.3. The summed E-state index contributed by atoms with van der Waals surface area (Å²) >= 11 is 5.98. The highest BCUT2D eigenvalue weighted by Crippen LogP contribution is 2.25. The summed E-state index contributed by atoms with van der Waals surface area (Å²) in [6.07, 6.45) is 4.08. The number of benzene rings is 1. The molecule has 0 aromatic heterocycles. The van der Waals surface area contributed by atoms with Crippen LogP contribution in [0.4, 0.5) is 5.69 Å². The third kappa shape index (κ3) is 4.61. The van der Waals surface area contributed by atoms with E-state index in [2.05, 4.69) is 11.6 Å². The van der Waals surface area contributed by atoms with Crippen LogP contribution in [0.2, 0.25) is 5.02 Å². The van der Waals surface area contributed by atoms with Gasteiger partial charge in [-0.1, -0.05) is 18.5 Å². The SMILES string of the molecule is C[C@@H]1CCCN(C(=O)c2cc(Cl)ccc2NS(C)(=O)=O)CC1. The Bertz CT molecular complexity index is 661. The lowest BCUT2D eigenvalue weighted by Crippen LogP contribution is -2.32. The number of likely N-dealkylation sites (tertiary alicyclic amines) is 1. The van der Waals surface area contributed by atoms with Gasteiger partial charge in [0.15, 0.2) is 0 Å². The molecule has 1 aromatic rings. The molecule has 0 aliphatic carbocycles. The van der Waals surface area contributed by atoms with Gasteiger partial charge in [-0.15, -0.1) is 0 Å². The summed E-state index contributed by atoms with van der Waals surface area (Å²) in [5.74, 6) is 0.425. The molecule has 1 aromatic carbocycles. The molecule has 0 unspecified atom stereocenters. The maximum atomic E-state index is 12.8. The summed E-state index contributed by atoms with van der Waals surface area (Å²) in [5, 5.41) is 0.408. The molecule has 1 aliphatic rings. The summed E-state index contributed by atoms with van der Waals surface area (Å²) in [4.78, 5) is 14.5. The van der Waals surface area contributed by atoms with Gasteiger partial charge in [0.2, 0.25) is 10.0 Å². The fraction of sp³-hybridized carbons (Fsp3) is 0.533. The molecule has 1 heterocycles. The zero-order valence-corrected chi connectivity index (χ0v) is 14.4. The first-order valence-electron chi connectivity index (χ1n) is 7.33. The fourth-order valence-corrected chi connectivity index (χ4v) is 3.37. The Hall–Kier alpha value is -1.27. The number of nitrogens with zero attached hydrogens (tertiary/aromatic N) is 1. The van der Waals surface area contributed by atoms with Gasteiger partial charge in [0, 0.05) is 18.1 Å². The quantitative estimate of drug-likeness (QED) is 0.916. The Labute approximate surface area is 136 Å². The Morgan fingerprint density at radius 1 is 1.32 bits per heavy atom. The second kappa shape index (κ2) is 6.87. The van der Waals surface area contributed by atoms with Crippen molar-refractivity contribution in [1.29, 1.82) is 0 Å². The van der Waals surface area contributed by atoms with Crippen LogP contribution in [0.3, 0.4) is 0 Å². The molecule has 1 atom stereocenters. The summed E-state index contributed by atoms with van der Waals surface area (Å²) in [6.45, 7) is 3.56. The number of rotatable bonds is 3. The fourth-order valence-electron chi connectivity index (χ4n) is 2.62. The number of carbonyl (C=O) groups excluding carboxylic acids is 1. The lowest BCUT2D eigenvalue weighted by atomic mass is 10.0. The molecule has 2 rings (SSSR count). The van der Waals surface area contributed by atoms with Gasteiger partial charge >= 0.3 is 0 Å². The van der Waals surface area contributed by atoms with Crippen molar-refractivity contribution in [3.05, 3.63) is 28.8 Å². The first-order valence-corrected chi connectivity index (χ1v) is 9.60. The van der Waals surface area contributed by atoms with E-state index in [1.54, 1.807) is 11.0 Å². The number of halogens is 1. The standard InChI is InChI=1S/C15H21ClN2O3S/c1-11-4-3-8-18(9-7-11)15(19)13-10-12(16)5-6-14(13)17-22(2,20)21/h5-6,10-11,17H,3-4,7-9H2,1-2H3/t11-/m1/s1. The monoisotopic (exact) mass is 344 g/mol. The minimum absolute atomic E-state index is 0.178. The summed E-state index contributed by atoms with van der Waals surface area (Å²) in [5.41, 5.74) is 0.571. The Kier molecular flexibility index (Phi) is 5.34. The smallest absolute Gasteiger partial charge is 0.256 e. The molecule has 1 aliphatic heterocycles. The average Bonchev–Trinajstić information content (AvgIpc) is 2.63. The van der Waals surface area contributed by atoms with E-state index in [-0.39, 0.29) is 11.6 Å². The zero-order valence-electron chi connectivity index (χ0n) is 12.8. The van der Waals surface area contributed by atoms with Crippen molar-refractivity contribution in [2.75, 3.05) is 24.1 Å². The Morgan fingerprint density at radius 2 is 2.05 bits per heavy atom. The molecule has 122 valence electrons. The summed E-state index contributed by atoms with van der Waals surface area (Å²) < 4.78 is 25.3. The van der Waals surface area contributed by atoms with Crippen molar-refractivity contribution in [3.8, 4) is 0 Å². The molecule has 22 heavy (non-hydrogen) atoms. The Balaban J connectivity index is 2.29. The van der Waals surface area contributed by atoms with Crippen LogP contribution >= 0.6 is 11.6 Å². The lowest BCUT2D eigenvalue weighted by molar-refractivity contribution is 0.0761. The van der Waals surface area contributed by atoms with Crippen LogP contribution in [-0.4, -0.2) is 38.6 Å². The first kappa shape index (κ1) is 17.1. The molecule has 0 saturated carbocycles. The molecule has 1 saturated heterocycles. The molecule has 1 amide bonds. The van der Waals surface area contributed by atoms with Crippen LogP contribution in [0, 0.1) is 5.92 Å². The molecule has 0 radical (unpaired) electrons. The van der Waals surface area contributed by atoms with E-state index in [1.807, 2.05) is 0 Å². The van der Waals surface area contributed by atoms with Crippen molar-refractivity contribution < 1.29 is 13.2 Å². The highest BCUT2D eigenvalue weighted by atomic mass is 35.5. The van der Waals surface area contributed by atoms with Crippen molar-refractivity contribution >= 4 is 33.2 Å². The van der Waals surface area contributed by atoms with Gasteiger partial charge < -0.3 is 4.90 Å². The number of amides is 1. The lowest BCUT2D eigenvalue weighted by Gasteiger charge is -2.22.